The van der Waals surface area contributed by atoms with Crippen LogP contribution in [-0.4, -0.2) is 50.6 Å². The van der Waals surface area contributed by atoms with Crippen molar-refractivity contribution in [3.05, 3.63) is 29.8 Å². The number of carbonyl (C=O) groups is 1. The van der Waals surface area contributed by atoms with Crippen molar-refractivity contribution in [2.24, 2.45) is 0 Å². The van der Waals surface area contributed by atoms with Gasteiger partial charge in [-0.15, -0.1) is 0 Å². The minimum absolute atomic E-state index is 0.0500. The summed E-state index contributed by atoms with van der Waals surface area (Å²) in [5.74, 6) is 0.858. The van der Waals surface area contributed by atoms with E-state index in [9.17, 15) is 4.79 Å². The maximum atomic E-state index is 12.1. The molecule has 1 atom stereocenters. The molecule has 0 spiro atoms. The van der Waals surface area contributed by atoms with Gasteiger partial charge in [-0.3, -0.25) is 9.69 Å². The van der Waals surface area contributed by atoms with Gasteiger partial charge in [0.05, 0.1) is 13.7 Å². The number of likely N-dealkylation sites (N-methyl/N-ethyl adjacent to an activating group) is 1. The molecule has 1 aromatic rings. The van der Waals surface area contributed by atoms with Crippen LogP contribution >= 0.6 is 0 Å². The molecular weight excluding hydrogens is 266 g/mol. The second kappa shape index (κ2) is 8.00. The maximum Gasteiger partial charge on any atom is 0.234 e. The molecule has 0 radical (unpaired) electrons. The standard InChI is InChI=1S/C16H25N3O2/c1-19(14-7-5-9-17-11-14)12-16(20)18-10-13-6-3-4-8-15(13)21-2/h3-4,6,8,14,17H,5,7,9-12H2,1-2H3,(H,18,20). The van der Waals surface area contributed by atoms with Crippen LogP contribution in [0.2, 0.25) is 0 Å². The highest BCUT2D eigenvalue weighted by Gasteiger charge is 2.19. The molecule has 0 aliphatic carbocycles. The third-order valence-electron chi connectivity index (χ3n) is 3.96. The SMILES string of the molecule is COc1ccccc1CNC(=O)CN(C)C1CCCNC1. The fourth-order valence-electron chi connectivity index (χ4n) is 2.66. The number of hydrogen-bond acceptors (Lipinski definition) is 4. The van der Waals surface area contributed by atoms with Gasteiger partial charge in [0.15, 0.2) is 0 Å². The second-order valence-electron chi connectivity index (χ2n) is 5.50. The van der Waals surface area contributed by atoms with Gasteiger partial charge in [-0.05, 0) is 32.5 Å². The molecule has 21 heavy (non-hydrogen) atoms. The highest BCUT2D eigenvalue weighted by molar-refractivity contribution is 5.78. The molecule has 1 amide bonds. The first-order valence-corrected chi connectivity index (χ1v) is 7.50. The number of para-hydroxylation sites is 1. The van der Waals surface area contributed by atoms with Crippen LogP contribution in [0.15, 0.2) is 24.3 Å². The Morgan fingerprint density at radius 3 is 3.00 bits per heavy atom. The van der Waals surface area contributed by atoms with E-state index in [0.29, 0.717) is 19.1 Å². The van der Waals surface area contributed by atoms with Crippen LogP contribution in [0.4, 0.5) is 0 Å². The predicted molar refractivity (Wildman–Crippen MR) is 83.4 cm³/mol. The minimum Gasteiger partial charge on any atom is -0.496 e. The van der Waals surface area contributed by atoms with Gasteiger partial charge in [0.1, 0.15) is 5.75 Å². The van der Waals surface area contributed by atoms with Crippen molar-refractivity contribution in [1.82, 2.24) is 15.5 Å². The van der Waals surface area contributed by atoms with Gasteiger partial charge < -0.3 is 15.4 Å². The monoisotopic (exact) mass is 291 g/mol. The Morgan fingerprint density at radius 2 is 2.29 bits per heavy atom. The van der Waals surface area contributed by atoms with Crippen molar-refractivity contribution in [1.29, 1.82) is 0 Å². The number of nitrogens with zero attached hydrogens (tertiary/aromatic N) is 1. The van der Waals surface area contributed by atoms with E-state index >= 15 is 0 Å². The first kappa shape index (κ1) is 15.8. The Labute approximate surface area is 126 Å². The third kappa shape index (κ3) is 4.72. The number of amides is 1. The molecular formula is C16H25N3O2. The van der Waals surface area contributed by atoms with E-state index in [1.807, 2.05) is 31.3 Å². The number of piperidine rings is 1. The lowest BCUT2D eigenvalue weighted by atomic mass is 10.1. The van der Waals surface area contributed by atoms with E-state index in [1.54, 1.807) is 7.11 Å². The first-order valence-electron chi connectivity index (χ1n) is 7.50. The van der Waals surface area contributed by atoms with Crippen molar-refractivity contribution in [2.45, 2.75) is 25.4 Å². The summed E-state index contributed by atoms with van der Waals surface area (Å²) < 4.78 is 5.28. The topological polar surface area (TPSA) is 53.6 Å². The van der Waals surface area contributed by atoms with Gasteiger partial charge in [-0.1, -0.05) is 18.2 Å². The molecule has 1 aromatic carbocycles. The van der Waals surface area contributed by atoms with Gasteiger partial charge in [-0.25, -0.2) is 0 Å². The lowest BCUT2D eigenvalue weighted by Gasteiger charge is -2.31. The summed E-state index contributed by atoms with van der Waals surface area (Å²) in [5.41, 5.74) is 0.996. The molecule has 116 valence electrons. The molecule has 0 aromatic heterocycles. The summed E-state index contributed by atoms with van der Waals surface area (Å²) in [5, 5.41) is 6.33. The summed E-state index contributed by atoms with van der Waals surface area (Å²) in [6.45, 7) is 2.99. The quantitative estimate of drug-likeness (QED) is 0.821. The zero-order chi connectivity index (χ0) is 15.1. The molecule has 1 unspecified atom stereocenters. The van der Waals surface area contributed by atoms with E-state index in [1.165, 1.54) is 6.42 Å². The van der Waals surface area contributed by atoms with Crippen molar-refractivity contribution >= 4 is 5.91 Å². The van der Waals surface area contributed by atoms with E-state index in [-0.39, 0.29) is 5.91 Å². The lowest BCUT2D eigenvalue weighted by molar-refractivity contribution is -0.122. The van der Waals surface area contributed by atoms with E-state index in [2.05, 4.69) is 15.5 Å². The third-order valence-corrected chi connectivity index (χ3v) is 3.96. The number of rotatable bonds is 6. The largest absolute Gasteiger partial charge is 0.496 e. The number of ether oxygens (including phenoxy) is 1. The average Bonchev–Trinajstić information content (AvgIpc) is 2.54. The summed E-state index contributed by atoms with van der Waals surface area (Å²) in [6.07, 6.45) is 2.33. The minimum atomic E-state index is 0.0500. The number of methoxy groups -OCH3 is 1. The zero-order valence-corrected chi connectivity index (χ0v) is 12.9. The Balaban J connectivity index is 1.78. The van der Waals surface area contributed by atoms with Crippen molar-refractivity contribution in [3.8, 4) is 5.75 Å². The molecule has 2 rings (SSSR count). The molecule has 0 saturated carbocycles. The predicted octanol–water partition coefficient (Wildman–Crippen LogP) is 0.995. The Bertz CT molecular complexity index is 459. The Hall–Kier alpha value is -1.59. The van der Waals surface area contributed by atoms with Gasteiger partial charge in [0.2, 0.25) is 5.91 Å². The molecule has 5 heteroatoms. The molecule has 1 saturated heterocycles. The maximum absolute atomic E-state index is 12.1. The van der Waals surface area contributed by atoms with Crippen LogP contribution in [0.1, 0.15) is 18.4 Å². The molecule has 1 fully saturated rings. The van der Waals surface area contributed by atoms with E-state index in [0.717, 1.165) is 30.8 Å². The smallest absolute Gasteiger partial charge is 0.234 e. The number of nitrogens with one attached hydrogen (secondary N) is 2. The van der Waals surface area contributed by atoms with Gasteiger partial charge >= 0.3 is 0 Å². The van der Waals surface area contributed by atoms with Crippen LogP contribution in [0.25, 0.3) is 0 Å². The summed E-state index contributed by atoms with van der Waals surface area (Å²) in [4.78, 5) is 14.2. The van der Waals surface area contributed by atoms with Gasteiger partial charge in [0.25, 0.3) is 0 Å². The molecule has 2 N–H and O–H groups in total. The highest BCUT2D eigenvalue weighted by atomic mass is 16.5. The van der Waals surface area contributed by atoms with Crippen molar-refractivity contribution in [3.63, 3.8) is 0 Å². The van der Waals surface area contributed by atoms with E-state index < -0.39 is 0 Å². The average molecular weight is 291 g/mol. The van der Waals surface area contributed by atoms with Crippen molar-refractivity contribution in [2.75, 3.05) is 33.8 Å². The van der Waals surface area contributed by atoms with Crippen LogP contribution < -0.4 is 15.4 Å². The second-order valence-corrected chi connectivity index (χ2v) is 5.50. The number of carbonyl (C=O) groups excluding carboxylic acids is 1. The van der Waals surface area contributed by atoms with Crippen LogP contribution in [0.3, 0.4) is 0 Å². The number of hydrogen-bond donors (Lipinski definition) is 2. The first-order chi connectivity index (χ1) is 10.2. The summed E-state index contributed by atoms with van der Waals surface area (Å²) in [6, 6.07) is 8.20. The van der Waals surface area contributed by atoms with Crippen molar-refractivity contribution < 1.29 is 9.53 Å². The lowest BCUT2D eigenvalue weighted by Crippen LogP contribution is -2.47. The molecule has 1 aliphatic rings. The van der Waals surface area contributed by atoms with E-state index in [4.69, 9.17) is 4.74 Å². The van der Waals surface area contributed by atoms with Crippen LogP contribution in [-0.2, 0) is 11.3 Å². The number of benzene rings is 1. The van der Waals surface area contributed by atoms with Crippen LogP contribution in [0, 0.1) is 0 Å². The fraction of sp³-hybridized carbons (Fsp3) is 0.562. The molecule has 0 bridgehead atoms. The molecule has 5 nitrogen and oxygen atoms in total. The van der Waals surface area contributed by atoms with Crippen LogP contribution in [0.5, 0.6) is 5.75 Å². The molecule has 1 aliphatic heterocycles. The molecule has 1 heterocycles. The fourth-order valence-corrected chi connectivity index (χ4v) is 2.66. The van der Waals surface area contributed by atoms with Gasteiger partial charge in [0, 0.05) is 24.7 Å². The van der Waals surface area contributed by atoms with Gasteiger partial charge in [-0.2, -0.15) is 0 Å². The normalized spacial score (nSPS) is 18.5. The summed E-state index contributed by atoms with van der Waals surface area (Å²) >= 11 is 0. The summed E-state index contributed by atoms with van der Waals surface area (Å²) in [7, 11) is 3.66. The zero-order valence-electron chi connectivity index (χ0n) is 12.9. The Morgan fingerprint density at radius 1 is 1.48 bits per heavy atom. The Kier molecular flexibility index (Phi) is 6.02. The highest BCUT2D eigenvalue weighted by Crippen LogP contribution is 2.16.